The summed E-state index contributed by atoms with van der Waals surface area (Å²) in [6.45, 7) is 1.70. The lowest BCUT2D eigenvalue weighted by molar-refractivity contribution is 0.0608. The Morgan fingerprint density at radius 2 is 1.80 bits per heavy atom. The summed E-state index contributed by atoms with van der Waals surface area (Å²) in [6.07, 6.45) is 0.691. The largest absolute Gasteiger partial charge is 0.389 e. The molecule has 0 aromatic heterocycles. The van der Waals surface area contributed by atoms with E-state index in [-0.39, 0.29) is 5.82 Å². The molecule has 0 aliphatic rings. The summed E-state index contributed by atoms with van der Waals surface area (Å²) in [5.74, 6) is -0.306. The van der Waals surface area contributed by atoms with E-state index in [0.717, 1.165) is 11.1 Å². The molecule has 1 nitrogen and oxygen atoms in total. The van der Waals surface area contributed by atoms with Crippen molar-refractivity contribution in [3.8, 4) is 0 Å². The number of rotatable bonds is 4. The Bertz CT molecular complexity index is 611. The lowest BCUT2D eigenvalue weighted by Gasteiger charge is -2.24. The fourth-order valence-electron chi connectivity index (χ4n) is 2.24. The van der Waals surface area contributed by atoms with Crippen LogP contribution in [0.2, 0.25) is 10.0 Å². The topological polar surface area (TPSA) is 20.2 Å². The van der Waals surface area contributed by atoms with Crippen LogP contribution in [0.3, 0.4) is 0 Å². The molecule has 0 heterocycles. The van der Waals surface area contributed by atoms with Crippen molar-refractivity contribution in [2.45, 2.75) is 25.4 Å². The minimum Gasteiger partial charge on any atom is -0.389 e. The van der Waals surface area contributed by atoms with Crippen LogP contribution >= 0.6 is 23.2 Å². The molecule has 2 aromatic carbocycles. The zero-order chi connectivity index (χ0) is 14.8. The Morgan fingerprint density at radius 3 is 2.50 bits per heavy atom. The van der Waals surface area contributed by atoms with Gasteiger partial charge in [0.1, 0.15) is 5.82 Å². The summed E-state index contributed by atoms with van der Waals surface area (Å²) >= 11 is 12.1. The van der Waals surface area contributed by atoms with Crippen molar-refractivity contribution in [3.05, 3.63) is 69.5 Å². The molecular formula is C16H15Cl2FO. The standard InChI is InChI=1S/C16H15Cl2FO/c1-16(20,9-11-4-2-6-13(19)8-11)10-12-5-3-7-14(17)15(12)18/h2-8,20H,9-10H2,1H3. The van der Waals surface area contributed by atoms with Gasteiger partial charge in [-0.15, -0.1) is 0 Å². The van der Waals surface area contributed by atoms with Gasteiger partial charge in [-0.25, -0.2) is 4.39 Å². The van der Waals surface area contributed by atoms with Gasteiger partial charge in [0.05, 0.1) is 15.6 Å². The van der Waals surface area contributed by atoms with Crippen molar-refractivity contribution < 1.29 is 9.50 Å². The molecule has 1 unspecified atom stereocenters. The molecule has 1 atom stereocenters. The molecule has 0 bridgehead atoms. The van der Waals surface area contributed by atoms with E-state index in [4.69, 9.17) is 23.2 Å². The maximum absolute atomic E-state index is 13.2. The van der Waals surface area contributed by atoms with Gasteiger partial charge in [-0.3, -0.25) is 0 Å². The van der Waals surface area contributed by atoms with Crippen LogP contribution in [0.5, 0.6) is 0 Å². The molecule has 0 aliphatic carbocycles. The number of aliphatic hydroxyl groups is 1. The summed E-state index contributed by atoms with van der Waals surface area (Å²) < 4.78 is 13.2. The maximum atomic E-state index is 13.2. The molecule has 1 N–H and O–H groups in total. The van der Waals surface area contributed by atoms with Gasteiger partial charge in [-0.2, -0.15) is 0 Å². The van der Waals surface area contributed by atoms with E-state index < -0.39 is 5.60 Å². The highest BCUT2D eigenvalue weighted by Gasteiger charge is 2.23. The van der Waals surface area contributed by atoms with Gasteiger partial charge >= 0.3 is 0 Å². The predicted octanol–water partition coefficient (Wildman–Crippen LogP) is 4.67. The summed E-state index contributed by atoms with van der Waals surface area (Å²) in [5, 5.41) is 11.4. The van der Waals surface area contributed by atoms with E-state index in [2.05, 4.69) is 0 Å². The normalized spacial score (nSPS) is 14.1. The Balaban J connectivity index is 2.16. The number of hydrogen-bond donors (Lipinski definition) is 1. The first-order valence-corrected chi connectivity index (χ1v) is 7.03. The van der Waals surface area contributed by atoms with E-state index in [0.29, 0.717) is 22.9 Å². The molecule has 0 amide bonds. The number of hydrogen-bond acceptors (Lipinski definition) is 1. The minimum atomic E-state index is -1.03. The summed E-state index contributed by atoms with van der Waals surface area (Å²) in [7, 11) is 0. The SMILES string of the molecule is CC(O)(Cc1cccc(F)c1)Cc1cccc(Cl)c1Cl. The molecule has 0 aliphatic heterocycles. The van der Waals surface area contributed by atoms with E-state index in [1.54, 1.807) is 31.2 Å². The van der Waals surface area contributed by atoms with Crippen LogP contribution in [0.25, 0.3) is 0 Å². The van der Waals surface area contributed by atoms with Gasteiger partial charge in [0.2, 0.25) is 0 Å². The lowest BCUT2D eigenvalue weighted by Crippen LogP contribution is -2.30. The smallest absolute Gasteiger partial charge is 0.123 e. The van der Waals surface area contributed by atoms with E-state index in [9.17, 15) is 9.50 Å². The Kier molecular flexibility index (Phi) is 4.69. The monoisotopic (exact) mass is 312 g/mol. The lowest BCUT2D eigenvalue weighted by atomic mass is 9.90. The molecule has 0 spiro atoms. The highest BCUT2D eigenvalue weighted by Crippen LogP contribution is 2.29. The molecule has 0 saturated carbocycles. The molecule has 20 heavy (non-hydrogen) atoms. The summed E-state index contributed by atoms with van der Waals surface area (Å²) in [4.78, 5) is 0. The summed E-state index contributed by atoms with van der Waals surface area (Å²) in [6, 6.07) is 11.6. The second-order valence-electron chi connectivity index (χ2n) is 5.19. The average Bonchev–Trinajstić information content (AvgIpc) is 2.34. The predicted molar refractivity (Wildman–Crippen MR) is 80.9 cm³/mol. The first-order valence-electron chi connectivity index (χ1n) is 6.27. The van der Waals surface area contributed by atoms with Crippen molar-refractivity contribution in [1.82, 2.24) is 0 Å². The van der Waals surface area contributed by atoms with Crippen LogP contribution in [0.1, 0.15) is 18.1 Å². The molecule has 2 rings (SSSR count). The third-order valence-corrected chi connectivity index (χ3v) is 3.93. The van der Waals surface area contributed by atoms with Crippen molar-refractivity contribution in [1.29, 1.82) is 0 Å². The van der Waals surface area contributed by atoms with Crippen LogP contribution in [-0.2, 0) is 12.8 Å². The number of halogens is 3. The van der Waals surface area contributed by atoms with Gasteiger partial charge in [0.25, 0.3) is 0 Å². The van der Waals surface area contributed by atoms with E-state index >= 15 is 0 Å². The third kappa shape index (κ3) is 3.95. The zero-order valence-corrected chi connectivity index (χ0v) is 12.5. The van der Waals surface area contributed by atoms with Crippen molar-refractivity contribution in [2.24, 2.45) is 0 Å². The van der Waals surface area contributed by atoms with Gasteiger partial charge in [-0.1, -0.05) is 47.5 Å². The second kappa shape index (κ2) is 6.13. The van der Waals surface area contributed by atoms with Gasteiger partial charge < -0.3 is 5.11 Å². The maximum Gasteiger partial charge on any atom is 0.123 e. The Labute approximate surface area is 128 Å². The summed E-state index contributed by atoms with van der Waals surface area (Å²) in [5.41, 5.74) is 0.496. The number of benzene rings is 2. The molecule has 4 heteroatoms. The second-order valence-corrected chi connectivity index (χ2v) is 5.98. The molecule has 0 saturated heterocycles. The average molecular weight is 313 g/mol. The molecular weight excluding hydrogens is 298 g/mol. The molecule has 2 aromatic rings. The Hall–Kier alpha value is -1.09. The van der Waals surface area contributed by atoms with Crippen LogP contribution in [0.4, 0.5) is 4.39 Å². The Morgan fingerprint density at radius 1 is 1.10 bits per heavy atom. The third-order valence-electron chi connectivity index (χ3n) is 3.08. The quantitative estimate of drug-likeness (QED) is 0.870. The highest BCUT2D eigenvalue weighted by atomic mass is 35.5. The first-order chi connectivity index (χ1) is 9.37. The van der Waals surface area contributed by atoms with Crippen molar-refractivity contribution >= 4 is 23.2 Å². The van der Waals surface area contributed by atoms with E-state index in [1.807, 2.05) is 6.07 Å². The van der Waals surface area contributed by atoms with E-state index in [1.165, 1.54) is 12.1 Å². The van der Waals surface area contributed by atoms with Crippen LogP contribution in [0.15, 0.2) is 42.5 Å². The molecule has 106 valence electrons. The van der Waals surface area contributed by atoms with Crippen molar-refractivity contribution in [3.63, 3.8) is 0 Å². The van der Waals surface area contributed by atoms with Crippen molar-refractivity contribution in [2.75, 3.05) is 0 Å². The van der Waals surface area contributed by atoms with Crippen LogP contribution in [-0.4, -0.2) is 10.7 Å². The van der Waals surface area contributed by atoms with Crippen LogP contribution in [0, 0.1) is 5.82 Å². The molecule has 0 radical (unpaired) electrons. The van der Waals surface area contributed by atoms with Gasteiger partial charge in [-0.05, 0) is 36.2 Å². The van der Waals surface area contributed by atoms with Gasteiger partial charge in [0.15, 0.2) is 0 Å². The fraction of sp³-hybridized carbons (Fsp3) is 0.250. The first kappa shape index (κ1) is 15.3. The molecule has 0 fully saturated rings. The minimum absolute atomic E-state index is 0.306. The highest BCUT2D eigenvalue weighted by molar-refractivity contribution is 6.42. The fourth-order valence-corrected chi connectivity index (χ4v) is 2.63. The zero-order valence-electron chi connectivity index (χ0n) is 11.0. The van der Waals surface area contributed by atoms with Crippen LogP contribution < -0.4 is 0 Å². The van der Waals surface area contributed by atoms with Gasteiger partial charge in [0, 0.05) is 12.8 Å².